The largest absolute Gasteiger partial charge is 0.466 e. The molecule has 27 heavy (non-hydrogen) atoms. The first-order chi connectivity index (χ1) is 12.9. The molecule has 6 nitrogen and oxygen atoms in total. The highest BCUT2D eigenvalue weighted by molar-refractivity contribution is 5.80. The predicted molar refractivity (Wildman–Crippen MR) is 103 cm³/mol. The third-order valence-electron chi connectivity index (χ3n) is 6.24. The number of hydrogen-bond acceptors (Lipinski definition) is 4. The van der Waals surface area contributed by atoms with Gasteiger partial charge in [-0.05, 0) is 46.0 Å². The van der Waals surface area contributed by atoms with Crippen LogP contribution in [0.5, 0.6) is 0 Å². The van der Waals surface area contributed by atoms with Gasteiger partial charge >= 0.3 is 5.97 Å². The summed E-state index contributed by atoms with van der Waals surface area (Å²) in [6.45, 7) is 7.55. The summed E-state index contributed by atoms with van der Waals surface area (Å²) in [5, 5.41) is 4.50. The van der Waals surface area contributed by atoms with E-state index in [-0.39, 0.29) is 29.6 Å². The van der Waals surface area contributed by atoms with Crippen molar-refractivity contribution in [2.24, 2.45) is 24.8 Å². The molecular formula is C21H33N3O3. The molecule has 0 spiro atoms. The molecule has 2 aliphatic rings. The Kier molecular flexibility index (Phi) is 6.22. The molecule has 0 unspecified atom stereocenters. The van der Waals surface area contributed by atoms with Gasteiger partial charge in [-0.1, -0.05) is 19.3 Å². The van der Waals surface area contributed by atoms with Crippen molar-refractivity contribution in [3.8, 4) is 0 Å². The zero-order valence-electron chi connectivity index (χ0n) is 17.2. The van der Waals surface area contributed by atoms with Crippen LogP contribution in [0, 0.1) is 31.6 Å². The fourth-order valence-corrected chi connectivity index (χ4v) is 4.35. The maximum atomic E-state index is 13.3. The molecule has 150 valence electrons. The molecule has 0 radical (unpaired) electrons. The first-order valence-corrected chi connectivity index (χ1v) is 10.4. The van der Waals surface area contributed by atoms with Crippen molar-refractivity contribution in [3.63, 3.8) is 0 Å². The Labute approximate surface area is 162 Å². The van der Waals surface area contributed by atoms with Crippen molar-refractivity contribution in [2.45, 2.75) is 65.8 Å². The van der Waals surface area contributed by atoms with E-state index in [1.807, 2.05) is 30.5 Å². The summed E-state index contributed by atoms with van der Waals surface area (Å²) >= 11 is 0. The maximum absolute atomic E-state index is 13.3. The van der Waals surface area contributed by atoms with Gasteiger partial charge in [0.05, 0.1) is 18.2 Å². The van der Waals surface area contributed by atoms with Crippen LogP contribution in [0.15, 0.2) is 0 Å². The Morgan fingerprint density at radius 3 is 2.52 bits per heavy atom. The number of ether oxygens (including phenoxy) is 1. The molecule has 1 amide bonds. The molecule has 0 bridgehead atoms. The first kappa shape index (κ1) is 19.9. The lowest BCUT2D eigenvalue weighted by Crippen LogP contribution is -2.38. The van der Waals surface area contributed by atoms with Crippen LogP contribution in [-0.2, 0) is 27.9 Å². The predicted octanol–water partition coefficient (Wildman–Crippen LogP) is 3.15. The van der Waals surface area contributed by atoms with Gasteiger partial charge in [-0.15, -0.1) is 0 Å². The van der Waals surface area contributed by atoms with E-state index in [0.717, 1.165) is 49.1 Å². The smallest absolute Gasteiger partial charge is 0.309 e. The quantitative estimate of drug-likeness (QED) is 0.687. The summed E-state index contributed by atoms with van der Waals surface area (Å²) in [4.78, 5) is 27.3. The Balaban J connectivity index is 1.72. The lowest BCUT2D eigenvalue weighted by molar-refractivity contribution is -0.145. The number of hydrogen-bond donors (Lipinski definition) is 0. The van der Waals surface area contributed by atoms with Crippen LogP contribution in [0.4, 0.5) is 0 Å². The zero-order valence-corrected chi connectivity index (χ0v) is 17.2. The minimum Gasteiger partial charge on any atom is -0.466 e. The number of rotatable bonds is 7. The molecule has 1 heterocycles. The molecule has 2 atom stereocenters. The summed E-state index contributed by atoms with van der Waals surface area (Å²) in [6, 6.07) is 0. The maximum Gasteiger partial charge on any atom is 0.309 e. The molecule has 2 fully saturated rings. The van der Waals surface area contributed by atoms with Crippen LogP contribution in [0.25, 0.3) is 0 Å². The normalized spacial score (nSPS) is 22.5. The third-order valence-corrected chi connectivity index (χ3v) is 6.24. The van der Waals surface area contributed by atoms with Crippen LogP contribution in [0.2, 0.25) is 0 Å². The summed E-state index contributed by atoms with van der Waals surface area (Å²) in [5.41, 5.74) is 3.22. The van der Waals surface area contributed by atoms with Crippen LogP contribution < -0.4 is 0 Å². The molecule has 0 aromatic carbocycles. The standard InChI is InChI=1S/C21H33N3O3/c1-5-27-21(26)18-11-17(18)12-24(20(25)16-9-7-6-8-10-16)13-19-14(2)22-23(4)15(19)3/h16-18H,5-13H2,1-4H3/t17-,18+/m0/s1. The number of aromatic nitrogens is 2. The van der Waals surface area contributed by atoms with Gasteiger partial charge in [-0.2, -0.15) is 5.10 Å². The highest BCUT2D eigenvalue weighted by Gasteiger charge is 2.46. The molecule has 2 aliphatic carbocycles. The van der Waals surface area contributed by atoms with Gasteiger partial charge in [0.25, 0.3) is 0 Å². The van der Waals surface area contributed by atoms with Crippen molar-refractivity contribution >= 4 is 11.9 Å². The summed E-state index contributed by atoms with van der Waals surface area (Å²) < 4.78 is 7.04. The van der Waals surface area contributed by atoms with Crippen LogP contribution in [0.3, 0.4) is 0 Å². The topological polar surface area (TPSA) is 64.4 Å². The van der Waals surface area contributed by atoms with Gasteiger partial charge in [0, 0.05) is 37.3 Å². The highest BCUT2D eigenvalue weighted by Crippen LogP contribution is 2.41. The SMILES string of the molecule is CCOC(=O)[C@@H]1C[C@H]1CN(Cc1c(C)nn(C)c1C)C(=O)C1CCCCC1. The van der Waals surface area contributed by atoms with E-state index < -0.39 is 0 Å². The minimum atomic E-state index is -0.110. The van der Waals surface area contributed by atoms with Gasteiger partial charge in [-0.3, -0.25) is 14.3 Å². The van der Waals surface area contributed by atoms with Crippen molar-refractivity contribution in [3.05, 3.63) is 17.0 Å². The molecule has 3 rings (SSSR count). The van der Waals surface area contributed by atoms with Gasteiger partial charge in [0.2, 0.25) is 5.91 Å². The second-order valence-corrected chi connectivity index (χ2v) is 8.18. The number of aryl methyl sites for hydroxylation is 2. The Morgan fingerprint density at radius 2 is 1.93 bits per heavy atom. The van der Waals surface area contributed by atoms with E-state index in [4.69, 9.17) is 4.74 Å². The minimum absolute atomic E-state index is 0.0392. The van der Waals surface area contributed by atoms with Gasteiger partial charge < -0.3 is 9.64 Å². The van der Waals surface area contributed by atoms with Crippen LogP contribution in [0.1, 0.15) is 62.4 Å². The van der Waals surface area contributed by atoms with Crippen molar-refractivity contribution < 1.29 is 14.3 Å². The Morgan fingerprint density at radius 1 is 1.22 bits per heavy atom. The zero-order chi connectivity index (χ0) is 19.6. The van der Waals surface area contributed by atoms with E-state index in [1.54, 1.807) is 0 Å². The Hall–Kier alpha value is -1.85. The monoisotopic (exact) mass is 375 g/mol. The lowest BCUT2D eigenvalue weighted by Gasteiger charge is -2.30. The summed E-state index contributed by atoms with van der Waals surface area (Å²) in [5.74, 6) is 0.473. The number of carbonyl (C=O) groups is 2. The number of nitrogens with zero attached hydrogens (tertiary/aromatic N) is 3. The van der Waals surface area contributed by atoms with Gasteiger partial charge in [0.1, 0.15) is 0 Å². The second-order valence-electron chi connectivity index (χ2n) is 8.18. The number of amides is 1. The fraction of sp³-hybridized carbons (Fsp3) is 0.762. The fourth-order valence-electron chi connectivity index (χ4n) is 4.35. The summed E-state index contributed by atoms with van der Waals surface area (Å²) in [6.07, 6.45) is 6.34. The Bertz CT molecular complexity index is 691. The van der Waals surface area contributed by atoms with E-state index in [1.165, 1.54) is 6.42 Å². The molecule has 0 saturated heterocycles. The molecule has 2 saturated carbocycles. The number of carbonyl (C=O) groups excluding carboxylic acids is 2. The van der Waals surface area contributed by atoms with E-state index in [0.29, 0.717) is 19.7 Å². The van der Waals surface area contributed by atoms with Crippen LogP contribution in [-0.4, -0.2) is 39.7 Å². The average molecular weight is 376 g/mol. The average Bonchev–Trinajstić information content (AvgIpc) is 3.39. The first-order valence-electron chi connectivity index (χ1n) is 10.4. The molecule has 0 aliphatic heterocycles. The third kappa shape index (κ3) is 4.53. The number of esters is 1. The lowest BCUT2D eigenvalue weighted by atomic mass is 9.88. The molecular weight excluding hydrogens is 342 g/mol. The van der Waals surface area contributed by atoms with E-state index >= 15 is 0 Å². The summed E-state index contributed by atoms with van der Waals surface area (Å²) in [7, 11) is 1.94. The van der Waals surface area contributed by atoms with Crippen molar-refractivity contribution in [1.82, 2.24) is 14.7 Å². The second kappa shape index (κ2) is 8.44. The van der Waals surface area contributed by atoms with Crippen LogP contribution >= 0.6 is 0 Å². The van der Waals surface area contributed by atoms with E-state index in [9.17, 15) is 9.59 Å². The molecule has 6 heteroatoms. The molecule has 1 aromatic heterocycles. The van der Waals surface area contributed by atoms with Crippen molar-refractivity contribution in [1.29, 1.82) is 0 Å². The molecule has 1 aromatic rings. The van der Waals surface area contributed by atoms with Crippen molar-refractivity contribution in [2.75, 3.05) is 13.2 Å². The highest BCUT2D eigenvalue weighted by atomic mass is 16.5. The van der Waals surface area contributed by atoms with E-state index in [2.05, 4.69) is 12.0 Å². The molecule has 0 N–H and O–H groups in total. The van der Waals surface area contributed by atoms with Gasteiger partial charge in [0.15, 0.2) is 0 Å². The van der Waals surface area contributed by atoms with Gasteiger partial charge in [-0.25, -0.2) is 0 Å².